The number of nitro benzene ring substituents is 1. The lowest BCUT2D eigenvalue weighted by molar-refractivity contribution is -0.384. The number of nitrogens with one attached hydrogen (secondary N) is 1. The van der Waals surface area contributed by atoms with Crippen molar-refractivity contribution in [2.45, 2.75) is 4.90 Å². The van der Waals surface area contributed by atoms with Crippen molar-refractivity contribution >= 4 is 32.8 Å². The number of rotatable bonds is 7. The van der Waals surface area contributed by atoms with E-state index in [1.54, 1.807) is 24.3 Å². The maximum absolute atomic E-state index is 12.2. The van der Waals surface area contributed by atoms with Gasteiger partial charge >= 0.3 is 0 Å². The van der Waals surface area contributed by atoms with Gasteiger partial charge < -0.3 is 15.0 Å². The largest absolute Gasteiger partial charge is 0.497 e. The molecule has 27 heavy (non-hydrogen) atoms. The molecule has 0 unspecified atom stereocenters. The zero-order valence-corrected chi connectivity index (χ0v) is 15.8. The molecule has 1 N–H and O–H groups in total. The van der Waals surface area contributed by atoms with Gasteiger partial charge in [0, 0.05) is 25.1 Å². The molecule has 9 nitrogen and oxygen atoms in total. The van der Waals surface area contributed by atoms with E-state index in [-0.39, 0.29) is 23.0 Å². The van der Waals surface area contributed by atoms with Gasteiger partial charge in [-0.15, -0.1) is 0 Å². The summed E-state index contributed by atoms with van der Waals surface area (Å²) < 4.78 is 28.3. The van der Waals surface area contributed by atoms with Gasteiger partial charge in [-0.1, -0.05) is 0 Å². The average Bonchev–Trinajstić information content (AvgIpc) is 2.60. The normalized spacial score (nSPS) is 10.9. The van der Waals surface area contributed by atoms with Gasteiger partial charge in [-0.3, -0.25) is 14.9 Å². The van der Waals surface area contributed by atoms with E-state index in [1.165, 1.54) is 31.2 Å². The Balaban J connectivity index is 2.17. The second-order valence-electron chi connectivity index (χ2n) is 5.81. The SMILES string of the molecule is COc1ccc(NC(=O)CN(C)c2ccc(S(C)(=O)=O)cc2[N+](=O)[O-])cc1. The quantitative estimate of drug-likeness (QED) is 0.565. The summed E-state index contributed by atoms with van der Waals surface area (Å²) in [7, 11) is -0.541. The van der Waals surface area contributed by atoms with Crippen molar-refractivity contribution in [1.82, 2.24) is 0 Å². The number of likely N-dealkylation sites (N-methyl/N-ethyl adjacent to an activating group) is 1. The van der Waals surface area contributed by atoms with Gasteiger partial charge in [-0.05, 0) is 36.4 Å². The summed E-state index contributed by atoms with van der Waals surface area (Å²) in [5.41, 5.74) is 0.297. The Labute approximate surface area is 156 Å². The first-order chi connectivity index (χ1) is 12.6. The number of methoxy groups -OCH3 is 1. The molecule has 0 saturated heterocycles. The van der Waals surface area contributed by atoms with E-state index in [9.17, 15) is 23.3 Å². The van der Waals surface area contributed by atoms with Gasteiger partial charge in [0.15, 0.2) is 9.84 Å². The second kappa shape index (κ2) is 8.04. The maximum atomic E-state index is 12.2. The van der Waals surface area contributed by atoms with E-state index in [4.69, 9.17) is 4.74 Å². The van der Waals surface area contributed by atoms with Crippen molar-refractivity contribution in [2.75, 3.05) is 37.2 Å². The molecule has 0 aliphatic rings. The van der Waals surface area contributed by atoms with E-state index < -0.39 is 20.4 Å². The lowest BCUT2D eigenvalue weighted by Gasteiger charge is -2.19. The summed E-state index contributed by atoms with van der Waals surface area (Å²) in [5, 5.41) is 14.0. The highest BCUT2D eigenvalue weighted by atomic mass is 32.2. The number of ether oxygens (including phenoxy) is 1. The predicted octanol–water partition coefficient (Wildman–Crippen LogP) is 2.08. The van der Waals surface area contributed by atoms with E-state index in [0.29, 0.717) is 11.4 Å². The number of hydrogen-bond donors (Lipinski definition) is 1. The summed E-state index contributed by atoms with van der Waals surface area (Å²) in [6.07, 6.45) is 0.970. The van der Waals surface area contributed by atoms with Gasteiger partial charge in [0.05, 0.1) is 23.5 Å². The van der Waals surface area contributed by atoms with E-state index in [2.05, 4.69) is 5.32 Å². The first-order valence-electron chi connectivity index (χ1n) is 7.75. The van der Waals surface area contributed by atoms with Crippen molar-refractivity contribution in [2.24, 2.45) is 0 Å². The number of nitrogens with zero attached hydrogens (tertiary/aromatic N) is 2. The zero-order valence-electron chi connectivity index (χ0n) is 15.0. The standard InChI is InChI=1S/C17H19N3O6S/c1-19(11-17(21)18-12-4-6-13(26-2)7-5-12)15-9-8-14(27(3,24)25)10-16(15)20(22)23/h4-10H,11H2,1-3H3,(H,18,21). The molecule has 0 heterocycles. The smallest absolute Gasteiger partial charge is 0.293 e. The van der Waals surface area contributed by atoms with E-state index in [1.807, 2.05) is 0 Å². The first-order valence-corrected chi connectivity index (χ1v) is 9.64. The molecular weight excluding hydrogens is 374 g/mol. The third-order valence-electron chi connectivity index (χ3n) is 3.74. The monoisotopic (exact) mass is 393 g/mol. The van der Waals surface area contributed by atoms with Gasteiger partial charge in [-0.25, -0.2) is 8.42 Å². The van der Waals surface area contributed by atoms with Crippen LogP contribution in [0.5, 0.6) is 5.75 Å². The summed E-state index contributed by atoms with van der Waals surface area (Å²) >= 11 is 0. The van der Waals surface area contributed by atoms with Crippen LogP contribution in [0.2, 0.25) is 0 Å². The van der Waals surface area contributed by atoms with Gasteiger partial charge in [0.1, 0.15) is 11.4 Å². The molecule has 0 spiro atoms. The molecule has 2 aromatic rings. The molecule has 2 rings (SSSR count). The Bertz CT molecular complexity index is 957. The molecule has 0 aromatic heterocycles. The molecule has 0 bridgehead atoms. The van der Waals surface area contributed by atoms with Crippen molar-refractivity contribution in [3.05, 3.63) is 52.6 Å². The van der Waals surface area contributed by atoms with Crippen LogP contribution in [-0.4, -0.2) is 46.2 Å². The predicted molar refractivity (Wildman–Crippen MR) is 101 cm³/mol. The van der Waals surface area contributed by atoms with Crippen molar-refractivity contribution in [1.29, 1.82) is 0 Å². The van der Waals surface area contributed by atoms with Crippen LogP contribution in [0.25, 0.3) is 0 Å². The number of hydrogen-bond acceptors (Lipinski definition) is 7. The summed E-state index contributed by atoms with van der Waals surface area (Å²) in [4.78, 5) is 24.1. The molecule has 0 atom stereocenters. The molecule has 0 radical (unpaired) electrons. The highest BCUT2D eigenvalue weighted by Crippen LogP contribution is 2.30. The molecule has 0 aliphatic heterocycles. The highest BCUT2D eigenvalue weighted by Gasteiger charge is 2.22. The number of benzene rings is 2. The zero-order chi connectivity index (χ0) is 20.2. The van der Waals surface area contributed by atoms with Gasteiger partial charge in [0.2, 0.25) is 5.91 Å². The lowest BCUT2D eigenvalue weighted by atomic mass is 10.2. The summed E-state index contributed by atoms with van der Waals surface area (Å²) in [6, 6.07) is 10.3. The fraction of sp³-hybridized carbons (Fsp3) is 0.235. The number of anilines is 2. The Morgan fingerprint density at radius 3 is 2.37 bits per heavy atom. The summed E-state index contributed by atoms with van der Waals surface area (Å²) in [5.74, 6) is 0.260. The molecule has 144 valence electrons. The Morgan fingerprint density at radius 2 is 1.85 bits per heavy atom. The third-order valence-corrected chi connectivity index (χ3v) is 4.85. The van der Waals surface area contributed by atoms with Crippen molar-refractivity contribution in [3.63, 3.8) is 0 Å². The Morgan fingerprint density at radius 1 is 1.22 bits per heavy atom. The second-order valence-corrected chi connectivity index (χ2v) is 7.83. The minimum atomic E-state index is -3.58. The van der Waals surface area contributed by atoms with Gasteiger partial charge in [0.25, 0.3) is 5.69 Å². The average molecular weight is 393 g/mol. The fourth-order valence-electron chi connectivity index (χ4n) is 2.38. The Hall–Kier alpha value is -3.14. The van der Waals surface area contributed by atoms with Crippen LogP contribution in [0, 0.1) is 10.1 Å². The van der Waals surface area contributed by atoms with Crippen LogP contribution in [0.1, 0.15) is 0 Å². The minimum absolute atomic E-state index is 0.136. The highest BCUT2D eigenvalue weighted by molar-refractivity contribution is 7.90. The van der Waals surface area contributed by atoms with Crippen molar-refractivity contribution in [3.8, 4) is 5.75 Å². The fourth-order valence-corrected chi connectivity index (χ4v) is 3.02. The van der Waals surface area contributed by atoms with E-state index in [0.717, 1.165) is 12.3 Å². The first kappa shape index (κ1) is 20.2. The number of sulfone groups is 1. The molecule has 2 aromatic carbocycles. The molecule has 10 heteroatoms. The number of carbonyl (C=O) groups excluding carboxylic acids is 1. The van der Waals surface area contributed by atoms with Crippen LogP contribution in [0.15, 0.2) is 47.4 Å². The topological polar surface area (TPSA) is 119 Å². The molecule has 0 fully saturated rings. The van der Waals surface area contributed by atoms with Crippen LogP contribution in [-0.2, 0) is 14.6 Å². The number of carbonyl (C=O) groups is 1. The summed E-state index contributed by atoms with van der Waals surface area (Å²) in [6.45, 7) is -0.162. The third kappa shape index (κ3) is 5.17. The number of nitro groups is 1. The lowest BCUT2D eigenvalue weighted by Crippen LogP contribution is -2.30. The minimum Gasteiger partial charge on any atom is -0.497 e. The molecule has 1 amide bonds. The Kier molecular flexibility index (Phi) is 6.01. The molecule has 0 aliphatic carbocycles. The van der Waals surface area contributed by atoms with Crippen molar-refractivity contribution < 1.29 is 22.9 Å². The van der Waals surface area contributed by atoms with E-state index >= 15 is 0 Å². The van der Waals surface area contributed by atoms with Gasteiger partial charge in [-0.2, -0.15) is 0 Å². The van der Waals surface area contributed by atoms with Crippen LogP contribution in [0.4, 0.5) is 17.1 Å². The van der Waals surface area contributed by atoms with Crippen LogP contribution >= 0.6 is 0 Å². The molecule has 0 saturated carbocycles. The maximum Gasteiger partial charge on any atom is 0.293 e. The van der Waals surface area contributed by atoms with Crippen LogP contribution in [0.3, 0.4) is 0 Å². The molecular formula is C17H19N3O6S. The van der Waals surface area contributed by atoms with Crippen LogP contribution < -0.4 is 15.0 Å². The number of amides is 1.